The molecule has 0 atom stereocenters. The van der Waals surface area contributed by atoms with Gasteiger partial charge in [-0.1, -0.05) is 83.5 Å². The van der Waals surface area contributed by atoms with Crippen LogP contribution in [0.4, 0.5) is 0 Å². The fraction of sp³-hybridized carbons (Fsp3) is 0.0370. The van der Waals surface area contributed by atoms with Gasteiger partial charge in [0.2, 0.25) is 0 Å². The monoisotopic (exact) mass is 479 g/mol. The predicted molar refractivity (Wildman–Crippen MR) is 134 cm³/mol. The fourth-order valence-corrected chi connectivity index (χ4v) is 4.22. The van der Waals surface area contributed by atoms with Crippen molar-refractivity contribution in [2.24, 2.45) is 0 Å². The van der Waals surface area contributed by atoms with E-state index in [9.17, 15) is 4.79 Å². The Morgan fingerprint density at radius 3 is 2.29 bits per heavy atom. The van der Waals surface area contributed by atoms with Gasteiger partial charge in [0.1, 0.15) is 6.33 Å². The van der Waals surface area contributed by atoms with Crippen molar-refractivity contribution in [2.45, 2.75) is 6.54 Å². The van der Waals surface area contributed by atoms with Gasteiger partial charge in [0.05, 0.1) is 24.0 Å². The van der Waals surface area contributed by atoms with Crippen molar-refractivity contribution in [3.8, 4) is 33.7 Å². The Kier molecular flexibility index (Phi) is 5.24. The predicted octanol–water partition coefficient (Wildman–Crippen LogP) is 5.58. The second kappa shape index (κ2) is 8.70. The van der Waals surface area contributed by atoms with Crippen LogP contribution in [0.5, 0.6) is 0 Å². The van der Waals surface area contributed by atoms with Crippen molar-refractivity contribution in [3.05, 3.63) is 119 Å². The molecule has 6 aromatic rings. The van der Waals surface area contributed by atoms with E-state index in [2.05, 4.69) is 10.1 Å². The smallest absolute Gasteiger partial charge is 0.351 e. The summed E-state index contributed by atoms with van der Waals surface area (Å²) in [5.41, 5.74) is 5.46. The van der Waals surface area contributed by atoms with E-state index in [1.165, 1.54) is 15.4 Å². The maximum absolute atomic E-state index is 13.2. The number of hydrogen-bond donors (Lipinski definition) is 0. The molecule has 0 amide bonds. The Balaban J connectivity index is 1.46. The molecule has 3 heterocycles. The summed E-state index contributed by atoms with van der Waals surface area (Å²) in [4.78, 5) is 17.9. The van der Waals surface area contributed by atoms with Crippen molar-refractivity contribution in [1.29, 1.82) is 0 Å². The van der Waals surface area contributed by atoms with Gasteiger partial charge in [-0.05, 0) is 23.3 Å². The minimum atomic E-state index is -0.258. The average Bonchev–Trinajstić information content (AvgIpc) is 3.54. The molecular weight excluding hydrogens is 462 g/mol. The number of hydrogen-bond acceptors (Lipinski definition) is 5. The van der Waals surface area contributed by atoms with Crippen LogP contribution in [0.25, 0.3) is 39.4 Å². The molecule has 35 heavy (non-hydrogen) atoms. The highest BCUT2D eigenvalue weighted by molar-refractivity contribution is 6.30. The van der Waals surface area contributed by atoms with Gasteiger partial charge < -0.3 is 4.52 Å². The molecule has 0 aliphatic carbocycles. The van der Waals surface area contributed by atoms with Crippen LogP contribution >= 0.6 is 11.6 Å². The Hall–Kier alpha value is -4.49. The molecule has 0 N–H and O–H groups in total. The molecule has 8 heteroatoms. The van der Waals surface area contributed by atoms with Gasteiger partial charge in [0, 0.05) is 22.2 Å². The quantitative estimate of drug-likeness (QED) is 0.322. The van der Waals surface area contributed by atoms with Crippen molar-refractivity contribution in [2.75, 3.05) is 0 Å². The summed E-state index contributed by atoms with van der Waals surface area (Å²) >= 11 is 6.10. The zero-order valence-corrected chi connectivity index (χ0v) is 19.1. The number of aromatic nitrogens is 5. The first-order valence-electron chi connectivity index (χ1n) is 11.0. The standard InChI is InChI=1S/C27H18ClN5O2/c28-22-12-10-21(11-13-22)25-24(20-4-2-1-3-5-20)26-31-33(27(34)32(26)17-29-25)16-18-6-8-19(9-7-18)23-14-15-30-35-23/h1-15,17H,16H2. The molecule has 3 aromatic heterocycles. The van der Waals surface area contributed by atoms with E-state index in [-0.39, 0.29) is 5.69 Å². The molecule has 0 aliphatic rings. The Morgan fingerprint density at radius 1 is 0.829 bits per heavy atom. The zero-order valence-electron chi connectivity index (χ0n) is 18.4. The van der Waals surface area contributed by atoms with Crippen molar-refractivity contribution in [1.82, 2.24) is 24.3 Å². The molecule has 0 fully saturated rings. The molecule has 0 bridgehead atoms. The van der Waals surface area contributed by atoms with Gasteiger partial charge >= 0.3 is 5.69 Å². The van der Waals surface area contributed by atoms with Crippen LogP contribution in [0.2, 0.25) is 5.02 Å². The van der Waals surface area contributed by atoms with Gasteiger partial charge in [0.15, 0.2) is 11.4 Å². The molecule has 170 valence electrons. The number of halogens is 1. The molecule has 0 spiro atoms. The second-order valence-corrected chi connectivity index (χ2v) is 8.48. The fourth-order valence-electron chi connectivity index (χ4n) is 4.09. The Morgan fingerprint density at radius 2 is 1.57 bits per heavy atom. The van der Waals surface area contributed by atoms with Gasteiger partial charge in [-0.3, -0.25) is 0 Å². The van der Waals surface area contributed by atoms with E-state index >= 15 is 0 Å². The van der Waals surface area contributed by atoms with Crippen LogP contribution in [0.3, 0.4) is 0 Å². The number of rotatable bonds is 5. The molecule has 0 radical (unpaired) electrons. The van der Waals surface area contributed by atoms with Gasteiger partial charge in [-0.25, -0.2) is 18.9 Å². The van der Waals surface area contributed by atoms with Gasteiger partial charge in [-0.2, -0.15) is 0 Å². The molecule has 0 unspecified atom stereocenters. The third-order valence-electron chi connectivity index (χ3n) is 5.82. The van der Waals surface area contributed by atoms with Crippen LogP contribution in [0.1, 0.15) is 5.56 Å². The Bertz CT molecular complexity index is 1670. The summed E-state index contributed by atoms with van der Waals surface area (Å²) in [7, 11) is 0. The van der Waals surface area contributed by atoms with Crippen LogP contribution in [0, 0.1) is 0 Å². The minimum Gasteiger partial charge on any atom is -0.356 e. The lowest BCUT2D eigenvalue weighted by Crippen LogP contribution is -2.21. The molecule has 7 nitrogen and oxygen atoms in total. The lowest BCUT2D eigenvalue weighted by Gasteiger charge is -2.10. The lowest BCUT2D eigenvalue weighted by molar-refractivity contribution is 0.432. The normalized spacial score (nSPS) is 11.2. The Labute approximate surface area is 204 Å². The third-order valence-corrected chi connectivity index (χ3v) is 6.07. The second-order valence-electron chi connectivity index (χ2n) is 8.05. The number of nitrogens with zero attached hydrogens (tertiary/aromatic N) is 5. The summed E-state index contributed by atoms with van der Waals surface area (Å²) in [5, 5.41) is 9.12. The first-order chi connectivity index (χ1) is 17.2. The van der Waals surface area contributed by atoms with Gasteiger partial charge in [-0.15, -0.1) is 5.10 Å². The summed E-state index contributed by atoms with van der Waals surface area (Å²) in [6.07, 6.45) is 3.14. The average molecular weight is 480 g/mol. The van der Waals surface area contributed by atoms with E-state index in [0.717, 1.165) is 33.5 Å². The van der Waals surface area contributed by atoms with Crippen LogP contribution in [-0.4, -0.2) is 24.3 Å². The molecular formula is C27H18ClN5O2. The maximum Gasteiger partial charge on any atom is 0.351 e. The molecule has 0 saturated carbocycles. The van der Waals surface area contributed by atoms with Crippen LogP contribution in [0.15, 0.2) is 107 Å². The van der Waals surface area contributed by atoms with Crippen LogP contribution in [-0.2, 0) is 6.54 Å². The van der Waals surface area contributed by atoms with E-state index < -0.39 is 0 Å². The largest absolute Gasteiger partial charge is 0.356 e. The van der Waals surface area contributed by atoms with Gasteiger partial charge in [0.25, 0.3) is 0 Å². The number of fused-ring (bicyclic) bond motifs is 1. The number of benzene rings is 3. The highest BCUT2D eigenvalue weighted by atomic mass is 35.5. The first kappa shape index (κ1) is 21.1. The third kappa shape index (κ3) is 3.92. The lowest BCUT2D eigenvalue weighted by atomic mass is 10.0. The van der Waals surface area contributed by atoms with Crippen molar-refractivity contribution in [3.63, 3.8) is 0 Å². The zero-order chi connectivity index (χ0) is 23.8. The van der Waals surface area contributed by atoms with E-state index in [1.807, 2.05) is 78.9 Å². The highest BCUT2D eigenvalue weighted by Crippen LogP contribution is 2.33. The summed E-state index contributed by atoms with van der Waals surface area (Å²) in [6.45, 7) is 0.321. The molecule has 0 aliphatic heterocycles. The van der Waals surface area contributed by atoms with E-state index in [0.29, 0.717) is 23.0 Å². The van der Waals surface area contributed by atoms with E-state index in [4.69, 9.17) is 21.2 Å². The summed E-state index contributed by atoms with van der Waals surface area (Å²) in [6, 6.07) is 26.9. The minimum absolute atomic E-state index is 0.258. The van der Waals surface area contributed by atoms with Crippen molar-refractivity contribution >= 4 is 17.2 Å². The summed E-state index contributed by atoms with van der Waals surface area (Å²) < 4.78 is 8.16. The first-order valence-corrected chi connectivity index (χ1v) is 11.3. The van der Waals surface area contributed by atoms with Crippen molar-refractivity contribution < 1.29 is 4.52 Å². The molecule has 6 rings (SSSR count). The van der Waals surface area contributed by atoms with Crippen LogP contribution < -0.4 is 5.69 Å². The topological polar surface area (TPSA) is 78.2 Å². The SMILES string of the molecule is O=c1n(Cc2ccc(-c3ccno3)cc2)nc2c(-c3ccccc3)c(-c3ccc(Cl)cc3)ncn12. The summed E-state index contributed by atoms with van der Waals surface area (Å²) in [5.74, 6) is 0.690. The molecule has 0 saturated heterocycles. The molecule has 3 aromatic carbocycles. The highest BCUT2D eigenvalue weighted by Gasteiger charge is 2.19. The maximum atomic E-state index is 13.2. The van der Waals surface area contributed by atoms with E-state index in [1.54, 1.807) is 12.3 Å².